The van der Waals surface area contributed by atoms with Gasteiger partial charge in [-0.15, -0.1) is 11.3 Å². The van der Waals surface area contributed by atoms with Crippen molar-refractivity contribution in [3.8, 4) is 21.6 Å². The largest absolute Gasteiger partial charge is 0.376 e. The summed E-state index contributed by atoms with van der Waals surface area (Å²) in [5, 5.41) is 0. The van der Waals surface area contributed by atoms with Gasteiger partial charge in [0.15, 0.2) is 0 Å². The minimum atomic E-state index is 0.697. The quantitative estimate of drug-likeness (QED) is 0.379. The van der Waals surface area contributed by atoms with E-state index in [0.29, 0.717) is 6.61 Å². The number of thiophene rings is 1. The molecule has 0 saturated heterocycles. The van der Waals surface area contributed by atoms with E-state index in [2.05, 4.69) is 73.6 Å². The molecule has 26 heavy (non-hydrogen) atoms. The molecule has 3 aromatic rings. The maximum atomic E-state index is 5.93. The maximum Gasteiger partial charge on any atom is 0.0809 e. The Morgan fingerprint density at radius 1 is 0.885 bits per heavy atom. The summed E-state index contributed by atoms with van der Waals surface area (Å²) < 4.78 is 5.93. The van der Waals surface area contributed by atoms with Gasteiger partial charge in [0.25, 0.3) is 0 Å². The third-order valence-electron chi connectivity index (χ3n) is 4.45. The lowest BCUT2D eigenvalue weighted by Gasteiger charge is -2.09. The highest BCUT2D eigenvalue weighted by atomic mass is 32.2. The van der Waals surface area contributed by atoms with E-state index in [1.54, 1.807) is 0 Å². The summed E-state index contributed by atoms with van der Waals surface area (Å²) >= 11 is 3.74. The van der Waals surface area contributed by atoms with Crippen LogP contribution < -0.4 is 0 Å². The maximum absolute atomic E-state index is 5.93. The molecule has 4 rings (SSSR count). The normalized spacial score (nSPS) is 12.4. The van der Waals surface area contributed by atoms with E-state index in [0.717, 1.165) is 19.6 Å². The van der Waals surface area contributed by atoms with Crippen molar-refractivity contribution < 1.29 is 4.74 Å². The number of benzene rings is 2. The van der Waals surface area contributed by atoms with Crippen LogP contribution in [0.15, 0.2) is 64.4 Å². The highest BCUT2D eigenvalue weighted by Gasteiger charge is 2.22. The van der Waals surface area contributed by atoms with Gasteiger partial charge in [0.2, 0.25) is 0 Å². The fourth-order valence-electron chi connectivity index (χ4n) is 3.21. The second-order valence-corrected chi connectivity index (χ2v) is 8.98. The van der Waals surface area contributed by atoms with Crippen LogP contribution in [0.4, 0.5) is 0 Å². The number of fused-ring (bicyclic) bond motifs is 5. The molecule has 0 unspecified atom stereocenters. The Bertz CT molecular complexity index is 838. The zero-order valence-corrected chi connectivity index (χ0v) is 16.8. The van der Waals surface area contributed by atoms with E-state index in [4.69, 9.17) is 4.74 Å². The second-order valence-electron chi connectivity index (χ2n) is 6.76. The van der Waals surface area contributed by atoms with E-state index >= 15 is 0 Å². The Morgan fingerprint density at radius 2 is 1.58 bits per heavy atom. The first-order valence-corrected chi connectivity index (χ1v) is 10.6. The summed E-state index contributed by atoms with van der Waals surface area (Å²) in [5.74, 6) is 0. The summed E-state index contributed by atoms with van der Waals surface area (Å²) in [6, 6.07) is 19.8. The minimum absolute atomic E-state index is 0.697. The monoisotopic (exact) mass is 381 g/mol. The van der Waals surface area contributed by atoms with Crippen molar-refractivity contribution in [1.29, 1.82) is 0 Å². The number of hydrogen-bond donors (Lipinski definition) is 0. The topological polar surface area (TPSA) is 12.5 Å². The van der Waals surface area contributed by atoms with Crippen LogP contribution >= 0.6 is 23.1 Å². The average molecular weight is 382 g/mol. The first-order chi connectivity index (χ1) is 12.7. The lowest BCUT2D eigenvalue weighted by atomic mass is 10.0. The van der Waals surface area contributed by atoms with E-state index < -0.39 is 0 Å². The SMILES string of the molecule is CN(C)CCCOCc1cc2c(s1)-c1ccccc1Sc1ccccc1-2. The van der Waals surface area contributed by atoms with Gasteiger partial charge in [-0.25, -0.2) is 0 Å². The Kier molecular flexibility index (Phi) is 5.46. The van der Waals surface area contributed by atoms with Crippen LogP contribution in [0.5, 0.6) is 0 Å². The smallest absolute Gasteiger partial charge is 0.0809 e. The molecule has 0 spiro atoms. The number of nitrogens with zero attached hydrogens (tertiary/aromatic N) is 1. The third kappa shape index (κ3) is 3.74. The van der Waals surface area contributed by atoms with Crippen molar-refractivity contribution in [2.45, 2.75) is 22.8 Å². The predicted molar refractivity (Wildman–Crippen MR) is 112 cm³/mol. The molecule has 0 amide bonds. The molecular formula is C22H23NOS2. The van der Waals surface area contributed by atoms with Crippen molar-refractivity contribution in [1.82, 2.24) is 4.90 Å². The third-order valence-corrected chi connectivity index (χ3v) is 6.74. The number of rotatable bonds is 6. The van der Waals surface area contributed by atoms with E-state index in [1.165, 1.54) is 36.2 Å². The summed E-state index contributed by atoms with van der Waals surface area (Å²) in [7, 11) is 4.20. The van der Waals surface area contributed by atoms with E-state index in [1.807, 2.05) is 23.1 Å². The van der Waals surface area contributed by atoms with Gasteiger partial charge in [0, 0.05) is 37.3 Å². The molecule has 0 bridgehead atoms. The Morgan fingerprint density at radius 3 is 2.35 bits per heavy atom. The van der Waals surface area contributed by atoms with Crippen LogP contribution in [0.2, 0.25) is 0 Å². The molecular weight excluding hydrogens is 358 g/mol. The predicted octanol–water partition coefficient (Wildman–Crippen LogP) is 6.02. The van der Waals surface area contributed by atoms with Gasteiger partial charge in [-0.3, -0.25) is 0 Å². The highest BCUT2D eigenvalue weighted by molar-refractivity contribution is 7.99. The van der Waals surface area contributed by atoms with Crippen LogP contribution in [0.25, 0.3) is 21.6 Å². The van der Waals surface area contributed by atoms with Gasteiger partial charge in [-0.05, 0) is 50.8 Å². The van der Waals surface area contributed by atoms with Crippen molar-refractivity contribution >= 4 is 23.1 Å². The number of ether oxygens (including phenoxy) is 1. The van der Waals surface area contributed by atoms with Gasteiger partial charge < -0.3 is 9.64 Å². The molecule has 2 aromatic carbocycles. The summed E-state index contributed by atoms with van der Waals surface area (Å²) in [6.45, 7) is 2.57. The molecule has 2 heterocycles. The van der Waals surface area contributed by atoms with Gasteiger partial charge in [-0.2, -0.15) is 0 Å². The molecule has 0 atom stereocenters. The zero-order chi connectivity index (χ0) is 17.9. The lowest BCUT2D eigenvalue weighted by molar-refractivity contribution is 0.115. The minimum Gasteiger partial charge on any atom is -0.376 e. The molecule has 0 N–H and O–H groups in total. The van der Waals surface area contributed by atoms with Gasteiger partial charge in [0.1, 0.15) is 0 Å². The van der Waals surface area contributed by atoms with Gasteiger partial charge in [0.05, 0.1) is 6.61 Å². The Hall–Kier alpha value is -1.59. The van der Waals surface area contributed by atoms with Crippen molar-refractivity contribution in [2.24, 2.45) is 0 Å². The van der Waals surface area contributed by atoms with Gasteiger partial charge >= 0.3 is 0 Å². The second kappa shape index (κ2) is 7.97. The summed E-state index contributed by atoms with van der Waals surface area (Å²) in [5.41, 5.74) is 4.02. The van der Waals surface area contributed by atoms with E-state index in [9.17, 15) is 0 Å². The van der Waals surface area contributed by atoms with Crippen molar-refractivity contribution in [3.05, 3.63) is 59.5 Å². The fraction of sp³-hybridized carbons (Fsp3) is 0.273. The zero-order valence-electron chi connectivity index (χ0n) is 15.2. The van der Waals surface area contributed by atoms with Crippen LogP contribution in [-0.4, -0.2) is 32.1 Å². The van der Waals surface area contributed by atoms with Crippen LogP contribution in [0.1, 0.15) is 11.3 Å². The first kappa shape index (κ1) is 17.8. The molecule has 0 saturated carbocycles. The molecule has 0 fully saturated rings. The highest BCUT2D eigenvalue weighted by Crippen LogP contribution is 2.50. The summed E-state index contributed by atoms with van der Waals surface area (Å²) in [6.07, 6.45) is 1.07. The number of hydrogen-bond acceptors (Lipinski definition) is 4. The Labute approximate surface area is 163 Å². The molecule has 4 heteroatoms. The molecule has 134 valence electrons. The molecule has 0 radical (unpaired) electrons. The average Bonchev–Trinajstić information content (AvgIpc) is 3.01. The van der Waals surface area contributed by atoms with E-state index in [-0.39, 0.29) is 0 Å². The first-order valence-electron chi connectivity index (χ1n) is 8.94. The molecule has 0 aliphatic carbocycles. The fourth-order valence-corrected chi connectivity index (χ4v) is 5.52. The van der Waals surface area contributed by atoms with Crippen LogP contribution in [0, 0.1) is 0 Å². The molecule has 1 aliphatic rings. The van der Waals surface area contributed by atoms with Crippen LogP contribution in [0.3, 0.4) is 0 Å². The van der Waals surface area contributed by atoms with Gasteiger partial charge in [-0.1, -0.05) is 48.2 Å². The summed E-state index contributed by atoms with van der Waals surface area (Å²) in [4.78, 5) is 7.53. The lowest BCUT2D eigenvalue weighted by Crippen LogP contribution is -2.14. The standard InChI is InChI=1S/C22H23NOS2/c1-23(2)12-7-13-24-15-16-14-19-17-8-3-5-10-20(17)26-21-11-6-4-9-18(21)22(19)25-16/h3-6,8-11,14H,7,12-13,15H2,1-2H3. The molecule has 2 nitrogen and oxygen atoms in total. The van der Waals surface area contributed by atoms with Crippen molar-refractivity contribution in [2.75, 3.05) is 27.2 Å². The van der Waals surface area contributed by atoms with Crippen molar-refractivity contribution in [3.63, 3.8) is 0 Å². The van der Waals surface area contributed by atoms with Crippen LogP contribution in [-0.2, 0) is 11.3 Å². The molecule has 1 aliphatic heterocycles. The Balaban J connectivity index is 1.62. The molecule has 1 aromatic heterocycles.